The van der Waals surface area contributed by atoms with Crippen LogP contribution in [0.2, 0.25) is 5.02 Å². The van der Waals surface area contributed by atoms with Gasteiger partial charge in [0.15, 0.2) is 5.82 Å². The van der Waals surface area contributed by atoms with E-state index in [1.54, 1.807) is 24.3 Å². The molecule has 1 aliphatic rings. The van der Waals surface area contributed by atoms with Crippen molar-refractivity contribution in [3.63, 3.8) is 0 Å². The molecule has 0 aliphatic carbocycles. The molecule has 0 saturated carbocycles. The Kier molecular flexibility index (Phi) is 6.95. The largest absolute Gasteiger partial charge is 0.470 e. The second kappa shape index (κ2) is 9.90. The number of benzene rings is 2. The summed E-state index contributed by atoms with van der Waals surface area (Å²) in [6, 6.07) is 9.29. The summed E-state index contributed by atoms with van der Waals surface area (Å²) in [6.07, 6.45) is 2.39. The fraction of sp³-hybridized carbons (Fsp3) is 0.292. The molecule has 10 heteroatoms. The maximum absolute atomic E-state index is 14.1. The highest BCUT2D eigenvalue weighted by Crippen LogP contribution is 2.28. The number of carbonyl (C=O) groups excluding carboxylic acids is 1. The normalized spacial score (nSPS) is 15.7. The van der Waals surface area contributed by atoms with Crippen molar-refractivity contribution in [3.05, 3.63) is 70.4 Å². The molecule has 0 unspecified atom stereocenters. The minimum atomic E-state index is -0.758. The molecule has 178 valence electrons. The summed E-state index contributed by atoms with van der Waals surface area (Å²) in [6.45, 7) is 0.991. The van der Waals surface area contributed by atoms with Crippen LogP contribution >= 0.6 is 11.6 Å². The molecule has 2 N–H and O–H groups in total. The standard InChI is InChI=1S/C24H24ClF2N5O2/c1-31(2)16-8-9-32(12-16)24(33)15-5-3-4-14(10-15)20-11-29-22(28)23(30-20)34-13-17-18(26)6-7-19(27)21(17)25/h3-7,10-11,16H,8-9,12-13H2,1-2H3,(H2,28,29)/t16-/m0/s1. The molecule has 2 aromatic carbocycles. The van der Waals surface area contributed by atoms with E-state index in [1.807, 2.05) is 19.0 Å². The predicted molar refractivity (Wildman–Crippen MR) is 126 cm³/mol. The molecule has 0 radical (unpaired) electrons. The molecule has 3 aromatic rings. The number of nitrogens with zero attached hydrogens (tertiary/aromatic N) is 4. The first-order chi connectivity index (χ1) is 16.2. The van der Waals surface area contributed by atoms with E-state index >= 15 is 0 Å². The third-order valence-corrected chi connectivity index (χ3v) is 6.25. The van der Waals surface area contributed by atoms with E-state index in [2.05, 4.69) is 14.9 Å². The van der Waals surface area contributed by atoms with Crippen LogP contribution in [0.3, 0.4) is 0 Å². The van der Waals surface area contributed by atoms with Crippen LogP contribution in [0.4, 0.5) is 14.6 Å². The third kappa shape index (κ3) is 4.95. The van der Waals surface area contributed by atoms with E-state index in [4.69, 9.17) is 22.1 Å². The summed E-state index contributed by atoms with van der Waals surface area (Å²) in [7, 11) is 4.02. The van der Waals surface area contributed by atoms with Crippen molar-refractivity contribution in [2.24, 2.45) is 0 Å². The van der Waals surface area contributed by atoms with E-state index in [-0.39, 0.29) is 34.8 Å². The highest BCUT2D eigenvalue weighted by Gasteiger charge is 2.28. The first-order valence-electron chi connectivity index (χ1n) is 10.7. The van der Waals surface area contributed by atoms with Crippen LogP contribution in [0.15, 0.2) is 42.6 Å². The first-order valence-corrected chi connectivity index (χ1v) is 11.1. The highest BCUT2D eigenvalue weighted by molar-refractivity contribution is 6.31. The molecule has 1 aromatic heterocycles. The molecule has 1 aliphatic heterocycles. The third-order valence-electron chi connectivity index (χ3n) is 5.85. The molecular weight excluding hydrogens is 464 g/mol. The number of halogens is 3. The molecule has 2 heterocycles. The Morgan fingerprint density at radius 3 is 2.76 bits per heavy atom. The molecule has 1 amide bonds. The number of carbonyl (C=O) groups is 1. The first kappa shape index (κ1) is 23.8. The van der Waals surface area contributed by atoms with Gasteiger partial charge in [-0.1, -0.05) is 23.7 Å². The Labute approximate surface area is 201 Å². The predicted octanol–water partition coefficient (Wildman–Crippen LogP) is 4.01. The molecule has 0 spiro atoms. The number of nitrogen functional groups attached to an aromatic ring is 1. The number of ether oxygens (including phenoxy) is 1. The van der Waals surface area contributed by atoms with Gasteiger partial charge in [-0.3, -0.25) is 4.79 Å². The van der Waals surface area contributed by atoms with Crippen LogP contribution in [0, 0.1) is 11.6 Å². The Morgan fingerprint density at radius 1 is 1.26 bits per heavy atom. The molecule has 34 heavy (non-hydrogen) atoms. The number of likely N-dealkylation sites (tertiary alicyclic amines) is 1. The number of anilines is 1. The SMILES string of the molecule is CN(C)[C@H]1CCN(C(=O)c2cccc(-c3cnc(N)c(OCc4c(F)ccc(F)c4Cl)n3)c2)C1. The van der Waals surface area contributed by atoms with Crippen molar-refractivity contribution in [1.82, 2.24) is 19.8 Å². The zero-order valence-electron chi connectivity index (χ0n) is 18.8. The molecule has 7 nitrogen and oxygen atoms in total. The van der Waals surface area contributed by atoms with Crippen LogP contribution in [0.25, 0.3) is 11.3 Å². The number of amides is 1. The summed E-state index contributed by atoms with van der Waals surface area (Å²) < 4.78 is 33.3. The van der Waals surface area contributed by atoms with E-state index in [0.717, 1.165) is 18.6 Å². The van der Waals surface area contributed by atoms with Gasteiger partial charge in [0.25, 0.3) is 11.8 Å². The van der Waals surface area contributed by atoms with Crippen LogP contribution in [-0.2, 0) is 6.61 Å². The van der Waals surface area contributed by atoms with E-state index < -0.39 is 11.6 Å². The Morgan fingerprint density at radius 2 is 2.03 bits per heavy atom. The molecule has 0 bridgehead atoms. The lowest BCUT2D eigenvalue weighted by Gasteiger charge is -2.20. The fourth-order valence-electron chi connectivity index (χ4n) is 3.81. The second-order valence-corrected chi connectivity index (χ2v) is 8.67. The lowest BCUT2D eigenvalue weighted by molar-refractivity contribution is 0.0783. The summed E-state index contributed by atoms with van der Waals surface area (Å²) in [5.41, 5.74) is 7.31. The number of aromatic nitrogens is 2. The van der Waals surface area contributed by atoms with Crippen LogP contribution in [-0.4, -0.2) is 58.9 Å². The fourth-order valence-corrected chi connectivity index (χ4v) is 4.02. The minimum Gasteiger partial charge on any atom is -0.470 e. The van der Waals surface area contributed by atoms with Crippen LogP contribution in [0.1, 0.15) is 22.3 Å². The van der Waals surface area contributed by atoms with Crippen LogP contribution in [0.5, 0.6) is 5.88 Å². The molecule has 1 saturated heterocycles. The van der Waals surface area contributed by atoms with Gasteiger partial charge in [-0.05, 0) is 44.8 Å². The van der Waals surface area contributed by atoms with Crippen molar-refractivity contribution in [2.75, 3.05) is 32.9 Å². The zero-order chi connectivity index (χ0) is 24.4. The number of hydrogen-bond acceptors (Lipinski definition) is 6. The molecular formula is C24H24ClF2N5O2. The molecule has 4 rings (SSSR count). The number of rotatable bonds is 6. The van der Waals surface area contributed by atoms with Crippen LogP contribution < -0.4 is 10.5 Å². The Balaban J connectivity index is 1.54. The van der Waals surface area contributed by atoms with Crippen molar-refractivity contribution in [2.45, 2.75) is 19.1 Å². The summed E-state index contributed by atoms with van der Waals surface area (Å²) >= 11 is 5.86. The Hall–Kier alpha value is -3.30. The van der Waals surface area contributed by atoms with Gasteiger partial charge >= 0.3 is 0 Å². The van der Waals surface area contributed by atoms with Gasteiger partial charge in [0.2, 0.25) is 0 Å². The van der Waals surface area contributed by atoms with Crippen molar-refractivity contribution < 1.29 is 18.3 Å². The minimum absolute atomic E-state index is 0.0179. The maximum Gasteiger partial charge on any atom is 0.258 e. The number of nitrogens with two attached hydrogens (primary N) is 1. The summed E-state index contributed by atoms with van der Waals surface area (Å²) in [5, 5.41) is -0.368. The zero-order valence-corrected chi connectivity index (χ0v) is 19.5. The van der Waals surface area contributed by atoms with E-state index in [1.165, 1.54) is 6.20 Å². The summed E-state index contributed by atoms with van der Waals surface area (Å²) in [4.78, 5) is 25.5. The van der Waals surface area contributed by atoms with Crippen molar-refractivity contribution in [3.8, 4) is 17.1 Å². The average molecular weight is 488 g/mol. The number of likely N-dealkylation sites (N-methyl/N-ethyl adjacent to an activating group) is 1. The van der Waals surface area contributed by atoms with E-state index in [9.17, 15) is 13.6 Å². The smallest absolute Gasteiger partial charge is 0.258 e. The van der Waals surface area contributed by atoms with Gasteiger partial charge in [0, 0.05) is 35.8 Å². The Bertz CT molecular complexity index is 1220. The van der Waals surface area contributed by atoms with E-state index in [0.29, 0.717) is 36.0 Å². The van der Waals surface area contributed by atoms with Gasteiger partial charge in [-0.2, -0.15) is 0 Å². The van der Waals surface area contributed by atoms with Gasteiger partial charge in [-0.25, -0.2) is 18.7 Å². The average Bonchev–Trinajstić information content (AvgIpc) is 3.33. The summed E-state index contributed by atoms with van der Waals surface area (Å²) in [5.74, 6) is -1.59. The maximum atomic E-state index is 14.1. The monoisotopic (exact) mass is 487 g/mol. The second-order valence-electron chi connectivity index (χ2n) is 8.29. The topological polar surface area (TPSA) is 84.6 Å². The van der Waals surface area contributed by atoms with Gasteiger partial charge < -0.3 is 20.3 Å². The van der Waals surface area contributed by atoms with Crippen molar-refractivity contribution >= 4 is 23.3 Å². The van der Waals surface area contributed by atoms with Gasteiger partial charge in [0.05, 0.1) is 16.9 Å². The lowest BCUT2D eigenvalue weighted by Crippen LogP contribution is -2.34. The van der Waals surface area contributed by atoms with Gasteiger partial charge in [-0.15, -0.1) is 0 Å². The molecule has 1 atom stereocenters. The van der Waals surface area contributed by atoms with Gasteiger partial charge in [0.1, 0.15) is 18.2 Å². The number of hydrogen-bond donors (Lipinski definition) is 1. The molecule has 1 fully saturated rings. The van der Waals surface area contributed by atoms with Crippen molar-refractivity contribution in [1.29, 1.82) is 0 Å². The highest BCUT2D eigenvalue weighted by atomic mass is 35.5. The lowest BCUT2D eigenvalue weighted by atomic mass is 10.1. The quantitative estimate of drug-likeness (QED) is 0.529.